The van der Waals surface area contributed by atoms with E-state index in [1.54, 1.807) is 12.1 Å². The van der Waals surface area contributed by atoms with Gasteiger partial charge >= 0.3 is 6.36 Å². The summed E-state index contributed by atoms with van der Waals surface area (Å²) in [4.78, 5) is 2.09. The number of benzene rings is 1. The molecule has 0 amide bonds. The minimum atomic E-state index is -4.79. The maximum Gasteiger partial charge on any atom is 0.573 e. The normalized spacial score (nSPS) is 19.0. The average Bonchev–Trinajstić information content (AvgIpc) is 2.58. The first kappa shape index (κ1) is 21.4. The fourth-order valence-electron chi connectivity index (χ4n) is 4.22. The topological polar surface area (TPSA) is 50.3 Å². The van der Waals surface area contributed by atoms with Crippen molar-refractivity contribution < 1.29 is 17.9 Å². The van der Waals surface area contributed by atoms with E-state index < -0.39 is 6.36 Å². The van der Waals surface area contributed by atoms with Crippen molar-refractivity contribution in [1.29, 1.82) is 0 Å². The van der Waals surface area contributed by atoms with E-state index in [2.05, 4.69) is 58.9 Å². The van der Waals surface area contributed by atoms with Gasteiger partial charge in [-0.25, -0.2) is 0 Å². The Morgan fingerprint density at radius 3 is 2.31 bits per heavy atom. The van der Waals surface area contributed by atoms with E-state index in [0.29, 0.717) is 11.5 Å². The van der Waals surface area contributed by atoms with Crippen LogP contribution < -0.4 is 15.0 Å². The molecule has 0 spiro atoms. The summed E-state index contributed by atoms with van der Waals surface area (Å²) in [5.41, 5.74) is 0.491. The van der Waals surface area contributed by atoms with E-state index in [-0.39, 0.29) is 28.4 Å². The van der Waals surface area contributed by atoms with Gasteiger partial charge in [-0.2, -0.15) is 0 Å². The van der Waals surface area contributed by atoms with Gasteiger partial charge in [-0.3, -0.25) is 0 Å². The number of hydrogen-bond acceptors (Lipinski definition) is 5. The number of piperidine rings is 1. The quantitative estimate of drug-likeness (QED) is 0.804. The van der Waals surface area contributed by atoms with Crippen molar-refractivity contribution in [3.05, 3.63) is 36.4 Å². The standard InChI is InChI=1S/C21H26F3N4O/c1-19(2)12-14(13-20(3,4)27-19)28(5)18-11-10-16(25-26-18)15-8-6-7-9-17(15)29-21(22,23)24/h6,8-11,14,27H,12-13H2,1-5H3. The molecule has 1 saturated heterocycles. The molecule has 157 valence electrons. The van der Waals surface area contributed by atoms with Gasteiger partial charge < -0.3 is 15.0 Å². The van der Waals surface area contributed by atoms with Crippen LogP contribution in [0, 0.1) is 6.07 Å². The lowest BCUT2D eigenvalue weighted by Gasteiger charge is -2.49. The summed E-state index contributed by atoms with van der Waals surface area (Å²) in [6.45, 7) is 8.71. The second-order valence-electron chi connectivity index (χ2n) is 8.81. The number of hydrogen-bond donors (Lipinski definition) is 1. The largest absolute Gasteiger partial charge is 0.573 e. The zero-order chi connectivity index (χ0) is 21.4. The van der Waals surface area contributed by atoms with Crippen molar-refractivity contribution in [1.82, 2.24) is 15.5 Å². The molecule has 1 N–H and O–H groups in total. The van der Waals surface area contributed by atoms with Crippen molar-refractivity contribution in [2.45, 2.75) is 64.0 Å². The maximum atomic E-state index is 12.7. The number of aromatic nitrogens is 2. The lowest BCUT2D eigenvalue weighted by Crippen LogP contribution is -2.62. The Bertz CT molecular complexity index is 834. The smallest absolute Gasteiger partial charge is 0.405 e. The van der Waals surface area contributed by atoms with Gasteiger partial charge in [-0.1, -0.05) is 6.07 Å². The summed E-state index contributed by atoms with van der Waals surface area (Å²) < 4.78 is 42.1. The lowest BCUT2D eigenvalue weighted by atomic mass is 9.79. The van der Waals surface area contributed by atoms with Gasteiger partial charge in [-0.05, 0) is 70.9 Å². The zero-order valence-electron chi connectivity index (χ0n) is 17.3. The fraction of sp³-hybridized carbons (Fsp3) is 0.524. The van der Waals surface area contributed by atoms with Crippen LogP contribution in [-0.4, -0.2) is 40.7 Å². The maximum absolute atomic E-state index is 12.7. The van der Waals surface area contributed by atoms with Gasteiger partial charge in [0, 0.05) is 29.7 Å². The van der Waals surface area contributed by atoms with Gasteiger partial charge in [0.25, 0.3) is 0 Å². The van der Waals surface area contributed by atoms with Crippen LogP contribution in [0.15, 0.2) is 30.3 Å². The van der Waals surface area contributed by atoms with Gasteiger partial charge in [0.05, 0.1) is 5.69 Å². The molecule has 2 heterocycles. The van der Waals surface area contributed by atoms with Gasteiger partial charge in [0.2, 0.25) is 0 Å². The molecular weight excluding hydrogens is 381 g/mol. The minimum absolute atomic E-state index is 0.0155. The summed E-state index contributed by atoms with van der Waals surface area (Å²) in [7, 11) is 1.97. The Morgan fingerprint density at radius 2 is 1.76 bits per heavy atom. The van der Waals surface area contributed by atoms with E-state index in [0.717, 1.165) is 18.9 Å². The minimum Gasteiger partial charge on any atom is -0.405 e. The van der Waals surface area contributed by atoms with Crippen molar-refractivity contribution in [3.63, 3.8) is 0 Å². The van der Waals surface area contributed by atoms with Crippen LogP contribution in [0.2, 0.25) is 0 Å². The Balaban J connectivity index is 1.82. The molecule has 0 unspecified atom stereocenters. The number of nitrogens with zero attached hydrogens (tertiary/aromatic N) is 3. The van der Waals surface area contributed by atoms with Crippen LogP contribution in [0.1, 0.15) is 40.5 Å². The molecule has 1 radical (unpaired) electrons. The lowest BCUT2D eigenvalue weighted by molar-refractivity contribution is -0.274. The van der Waals surface area contributed by atoms with Gasteiger partial charge in [0.15, 0.2) is 5.82 Å². The molecule has 0 bridgehead atoms. The Morgan fingerprint density at radius 1 is 1.10 bits per heavy atom. The second-order valence-corrected chi connectivity index (χ2v) is 8.81. The highest BCUT2D eigenvalue weighted by Gasteiger charge is 2.39. The molecule has 8 heteroatoms. The summed E-state index contributed by atoms with van der Waals surface area (Å²) in [5, 5.41) is 12.1. The van der Waals surface area contributed by atoms with Crippen LogP contribution in [0.25, 0.3) is 11.3 Å². The highest BCUT2D eigenvalue weighted by molar-refractivity contribution is 5.67. The highest BCUT2D eigenvalue weighted by Crippen LogP contribution is 2.34. The van der Waals surface area contributed by atoms with Crippen molar-refractivity contribution >= 4 is 5.82 Å². The number of nitrogens with one attached hydrogen (secondary N) is 1. The Hall–Kier alpha value is -2.35. The Labute approximate surface area is 169 Å². The van der Waals surface area contributed by atoms with Crippen LogP contribution in [0.5, 0.6) is 5.75 Å². The molecule has 1 aromatic heterocycles. The first-order valence-electron chi connectivity index (χ1n) is 9.47. The van der Waals surface area contributed by atoms with E-state index in [4.69, 9.17) is 0 Å². The van der Waals surface area contributed by atoms with Crippen LogP contribution >= 0.6 is 0 Å². The third-order valence-corrected chi connectivity index (χ3v) is 5.06. The first-order chi connectivity index (χ1) is 13.4. The number of alkyl halides is 3. The summed E-state index contributed by atoms with van der Waals surface area (Å²) in [6, 6.07) is 10.4. The second kappa shape index (κ2) is 7.48. The SMILES string of the molecule is CN(c1ccc(-c2cc[c]cc2OC(F)(F)F)nn1)C1CC(C)(C)NC(C)(C)C1. The third-order valence-electron chi connectivity index (χ3n) is 5.06. The van der Waals surface area contributed by atoms with Crippen LogP contribution in [-0.2, 0) is 0 Å². The molecule has 1 aromatic carbocycles. The molecule has 3 rings (SSSR count). The molecule has 0 atom stereocenters. The van der Waals surface area contributed by atoms with E-state index in [1.165, 1.54) is 12.1 Å². The summed E-state index contributed by atoms with van der Waals surface area (Å²) in [6.07, 6.45) is -2.91. The van der Waals surface area contributed by atoms with E-state index in [1.807, 2.05) is 7.05 Å². The van der Waals surface area contributed by atoms with Crippen LogP contribution in [0.4, 0.5) is 19.0 Å². The van der Waals surface area contributed by atoms with Gasteiger partial charge in [-0.15, -0.1) is 23.4 Å². The summed E-state index contributed by atoms with van der Waals surface area (Å²) in [5.74, 6) is 0.324. The molecule has 0 saturated carbocycles. The van der Waals surface area contributed by atoms with E-state index in [9.17, 15) is 13.2 Å². The number of halogens is 3. The zero-order valence-corrected chi connectivity index (χ0v) is 17.3. The molecule has 2 aromatic rings. The molecule has 5 nitrogen and oxygen atoms in total. The molecular formula is C21H26F3N4O. The van der Waals surface area contributed by atoms with E-state index >= 15 is 0 Å². The van der Waals surface area contributed by atoms with Crippen molar-refractivity contribution in [3.8, 4) is 17.0 Å². The molecule has 1 aliphatic heterocycles. The number of ether oxygens (including phenoxy) is 1. The highest BCUT2D eigenvalue weighted by atomic mass is 19.4. The molecule has 1 aliphatic rings. The molecule has 1 fully saturated rings. The van der Waals surface area contributed by atoms with Crippen molar-refractivity contribution in [2.24, 2.45) is 0 Å². The molecule has 29 heavy (non-hydrogen) atoms. The average molecular weight is 407 g/mol. The first-order valence-corrected chi connectivity index (χ1v) is 9.47. The van der Waals surface area contributed by atoms with Crippen molar-refractivity contribution in [2.75, 3.05) is 11.9 Å². The van der Waals surface area contributed by atoms with Crippen LogP contribution in [0.3, 0.4) is 0 Å². The number of anilines is 1. The predicted molar refractivity (Wildman–Crippen MR) is 106 cm³/mol. The Kier molecular flexibility index (Phi) is 5.51. The third kappa shape index (κ3) is 5.38. The molecule has 0 aliphatic carbocycles. The monoisotopic (exact) mass is 407 g/mol. The number of rotatable bonds is 4. The summed E-state index contributed by atoms with van der Waals surface area (Å²) >= 11 is 0. The van der Waals surface area contributed by atoms with Gasteiger partial charge in [0.1, 0.15) is 5.75 Å². The predicted octanol–water partition coefficient (Wildman–Crippen LogP) is 4.59. The fourth-order valence-corrected chi connectivity index (χ4v) is 4.22.